The molecule has 1 amide bonds. The van der Waals surface area contributed by atoms with E-state index < -0.39 is 11.9 Å². The van der Waals surface area contributed by atoms with Gasteiger partial charge in [0.1, 0.15) is 5.75 Å². The van der Waals surface area contributed by atoms with Gasteiger partial charge < -0.3 is 9.47 Å². The van der Waals surface area contributed by atoms with Gasteiger partial charge >= 0.3 is 5.97 Å². The fraction of sp³-hybridized carbons (Fsp3) is 0.333. The Bertz CT molecular complexity index is 757. The molecule has 0 bridgehead atoms. The molecule has 1 heterocycles. The lowest BCUT2D eigenvalue weighted by molar-refractivity contribution is -0.135. The van der Waals surface area contributed by atoms with E-state index >= 15 is 0 Å². The van der Waals surface area contributed by atoms with E-state index in [1.165, 1.54) is 7.11 Å². The Kier molecular flexibility index (Phi) is 7.40. The van der Waals surface area contributed by atoms with Crippen LogP contribution in [0, 0.1) is 5.92 Å². The van der Waals surface area contributed by atoms with Crippen LogP contribution in [0.5, 0.6) is 5.75 Å². The highest BCUT2D eigenvalue weighted by Gasteiger charge is 2.24. The molecule has 0 aromatic heterocycles. The van der Waals surface area contributed by atoms with Crippen LogP contribution in [-0.2, 0) is 14.3 Å². The molecule has 1 aliphatic rings. The van der Waals surface area contributed by atoms with Crippen LogP contribution >= 0.6 is 11.8 Å². The molecule has 0 radical (unpaired) electrons. The third-order valence-electron chi connectivity index (χ3n) is 3.28. The minimum atomic E-state index is -0.596. The Morgan fingerprint density at radius 2 is 2.19 bits per heavy atom. The zero-order valence-corrected chi connectivity index (χ0v) is 15.7. The molecule has 26 heavy (non-hydrogen) atoms. The number of carbonyl (C=O) groups excluding carboxylic acids is 2. The number of ether oxygens (including phenoxy) is 2. The Hall–Kier alpha value is -2.61. The van der Waals surface area contributed by atoms with Gasteiger partial charge in [-0.25, -0.2) is 4.79 Å². The van der Waals surface area contributed by atoms with Gasteiger partial charge in [0.05, 0.1) is 24.8 Å². The van der Waals surface area contributed by atoms with Crippen molar-refractivity contribution in [3.8, 4) is 5.75 Å². The number of esters is 1. The summed E-state index contributed by atoms with van der Waals surface area (Å²) in [6.07, 6.45) is 3.67. The Balaban J connectivity index is 1.96. The molecule has 0 spiro atoms. The van der Waals surface area contributed by atoms with Crippen molar-refractivity contribution in [1.29, 1.82) is 0 Å². The van der Waals surface area contributed by atoms with Crippen LogP contribution in [0.2, 0.25) is 0 Å². The predicted molar refractivity (Wildman–Crippen MR) is 102 cm³/mol. The SMILES string of the molecule is COC(=O)/C=C1/S/C(=N\N=Cc2cccc(OCCC(C)C)c2)NC1=O. The van der Waals surface area contributed by atoms with Gasteiger partial charge in [0.15, 0.2) is 5.17 Å². The van der Waals surface area contributed by atoms with Gasteiger partial charge in [-0.1, -0.05) is 26.0 Å². The number of amides is 1. The summed E-state index contributed by atoms with van der Waals surface area (Å²) in [5, 5.41) is 10.7. The van der Waals surface area contributed by atoms with Crippen molar-refractivity contribution >= 4 is 35.0 Å². The van der Waals surface area contributed by atoms with Crippen molar-refractivity contribution in [3.63, 3.8) is 0 Å². The van der Waals surface area contributed by atoms with Gasteiger partial charge in [0, 0.05) is 6.08 Å². The molecule has 138 valence electrons. The fourth-order valence-corrected chi connectivity index (χ4v) is 2.63. The standard InChI is InChI=1S/C18H21N3O4S/c1-12(2)7-8-25-14-6-4-5-13(9-14)11-19-21-18-20-17(23)15(26-18)10-16(22)24-3/h4-6,9-12H,7-8H2,1-3H3,(H,20,21,23)/b15-10+,19-11?. The van der Waals surface area contributed by atoms with Crippen molar-refractivity contribution in [3.05, 3.63) is 40.8 Å². The fourth-order valence-electron chi connectivity index (χ4n) is 1.89. The lowest BCUT2D eigenvalue weighted by Gasteiger charge is -2.08. The summed E-state index contributed by atoms with van der Waals surface area (Å²) in [5.41, 5.74) is 0.830. The number of methoxy groups -OCH3 is 1. The number of hydrogen-bond acceptors (Lipinski definition) is 7. The summed E-state index contributed by atoms with van der Waals surface area (Å²) in [6.45, 7) is 4.97. The molecular weight excluding hydrogens is 354 g/mol. The topological polar surface area (TPSA) is 89.3 Å². The van der Waals surface area contributed by atoms with Crippen molar-refractivity contribution < 1.29 is 19.1 Å². The summed E-state index contributed by atoms with van der Waals surface area (Å²) in [5.74, 6) is 0.360. The molecule has 8 heteroatoms. The number of rotatable bonds is 7. The number of thioether (sulfide) groups is 1. The third kappa shape index (κ3) is 6.36. The highest BCUT2D eigenvalue weighted by atomic mass is 32.2. The first-order valence-electron chi connectivity index (χ1n) is 8.10. The number of nitrogens with one attached hydrogen (secondary N) is 1. The average molecular weight is 375 g/mol. The van der Waals surface area contributed by atoms with Crippen LogP contribution in [0.25, 0.3) is 0 Å². The van der Waals surface area contributed by atoms with E-state index in [4.69, 9.17) is 4.74 Å². The van der Waals surface area contributed by atoms with E-state index in [2.05, 4.69) is 34.1 Å². The van der Waals surface area contributed by atoms with Crippen LogP contribution in [-0.4, -0.2) is 37.0 Å². The average Bonchev–Trinajstić information content (AvgIpc) is 2.94. The second kappa shape index (κ2) is 9.76. The molecule has 0 unspecified atom stereocenters. The molecule has 1 fully saturated rings. The lowest BCUT2D eigenvalue weighted by atomic mass is 10.1. The Labute approximate surface area is 156 Å². The second-order valence-electron chi connectivity index (χ2n) is 5.84. The summed E-state index contributed by atoms with van der Waals surface area (Å²) in [6, 6.07) is 7.51. The van der Waals surface area contributed by atoms with Gasteiger partial charge in [-0.2, -0.15) is 5.10 Å². The summed E-state index contributed by atoms with van der Waals surface area (Å²) >= 11 is 1.03. The molecule has 0 atom stereocenters. The van der Waals surface area contributed by atoms with Gasteiger partial charge in [0.25, 0.3) is 5.91 Å². The van der Waals surface area contributed by atoms with Gasteiger partial charge in [-0.05, 0) is 41.8 Å². The van der Waals surface area contributed by atoms with Crippen LogP contribution in [0.3, 0.4) is 0 Å². The van der Waals surface area contributed by atoms with Gasteiger partial charge in [-0.15, -0.1) is 5.10 Å². The van der Waals surface area contributed by atoms with E-state index in [0.717, 1.165) is 35.6 Å². The zero-order valence-electron chi connectivity index (χ0n) is 14.9. The summed E-state index contributed by atoms with van der Waals surface area (Å²) in [4.78, 5) is 23.1. The maximum absolute atomic E-state index is 11.7. The molecule has 0 saturated carbocycles. The highest BCUT2D eigenvalue weighted by Crippen LogP contribution is 2.23. The van der Waals surface area contributed by atoms with Gasteiger partial charge in [0.2, 0.25) is 0 Å². The molecule has 1 aromatic carbocycles. The van der Waals surface area contributed by atoms with E-state index in [9.17, 15) is 9.59 Å². The van der Waals surface area contributed by atoms with Crippen LogP contribution < -0.4 is 10.1 Å². The molecule has 1 aliphatic heterocycles. The number of amidine groups is 1. The Morgan fingerprint density at radius 1 is 1.38 bits per heavy atom. The van der Waals surface area contributed by atoms with Crippen molar-refractivity contribution in [2.75, 3.05) is 13.7 Å². The maximum atomic E-state index is 11.7. The smallest absolute Gasteiger partial charge is 0.331 e. The van der Waals surface area contributed by atoms with Crippen LogP contribution in [0.1, 0.15) is 25.8 Å². The molecule has 1 aromatic rings. The first-order chi connectivity index (χ1) is 12.5. The molecule has 0 aliphatic carbocycles. The Morgan fingerprint density at radius 3 is 2.92 bits per heavy atom. The van der Waals surface area contributed by atoms with Crippen LogP contribution in [0.4, 0.5) is 0 Å². The summed E-state index contributed by atoms with van der Waals surface area (Å²) in [7, 11) is 1.25. The van der Waals surface area contributed by atoms with Crippen molar-refractivity contribution in [2.24, 2.45) is 16.1 Å². The first kappa shape index (κ1) is 19.7. The number of benzene rings is 1. The second-order valence-corrected chi connectivity index (χ2v) is 6.87. The molecule has 1 N–H and O–H groups in total. The lowest BCUT2D eigenvalue weighted by Crippen LogP contribution is -2.19. The highest BCUT2D eigenvalue weighted by molar-refractivity contribution is 8.18. The molecular formula is C18H21N3O4S. The largest absolute Gasteiger partial charge is 0.494 e. The van der Waals surface area contributed by atoms with Crippen molar-refractivity contribution in [1.82, 2.24) is 5.32 Å². The van der Waals surface area contributed by atoms with Gasteiger partial charge in [-0.3, -0.25) is 10.1 Å². The quantitative estimate of drug-likeness (QED) is 0.343. The summed E-state index contributed by atoms with van der Waals surface area (Å²) < 4.78 is 10.2. The minimum absolute atomic E-state index is 0.214. The van der Waals surface area contributed by atoms with E-state index in [1.54, 1.807) is 6.21 Å². The van der Waals surface area contributed by atoms with E-state index in [0.29, 0.717) is 17.7 Å². The zero-order chi connectivity index (χ0) is 18.9. The van der Waals surface area contributed by atoms with Crippen molar-refractivity contribution in [2.45, 2.75) is 20.3 Å². The molecule has 7 nitrogen and oxygen atoms in total. The normalized spacial score (nSPS) is 17.3. The number of hydrogen-bond donors (Lipinski definition) is 1. The number of carbonyl (C=O) groups is 2. The number of nitrogens with zero attached hydrogens (tertiary/aromatic N) is 2. The minimum Gasteiger partial charge on any atom is -0.494 e. The molecule has 1 saturated heterocycles. The first-order valence-corrected chi connectivity index (χ1v) is 8.92. The monoisotopic (exact) mass is 375 g/mol. The predicted octanol–water partition coefficient (Wildman–Crippen LogP) is 2.72. The molecule has 2 rings (SSSR count). The van der Waals surface area contributed by atoms with Crippen LogP contribution in [0.15, 0.2) is 45.4 Å². The third-order valence-corrected chi connectivity index (χ3v) is 4.18. The van der Waals surface area contributed by atoms with E-state index in [1.807, 2.05) is 24.3 Å². The van der Waals surface area contributed by atoms with E-state index in [-0.39, 0.29) is 4.91 Å². The maximum Gasteiger partial charge on any atom is 0.331 e.